The lowest BCUT2D eigenvalue weighted by Crippen LogP contribution is -2.28. The van der Waals surface area contributed by atoms with Gasteiger partial charge in [-0.15, -0.1) is 0 Å². The lowest BCUT2D eigenvalue weighted by atomic mass is 9.97. The van der Waals surface area contributed by atoms with Crippen molar-refractivity contribution < 1.29 is 9.47 Å². The van der Waals surface area contributed by atoms with Gasteiger partial charge in [0.2, 0.25) is 0 Å². The second-order valence-corrected chi connectivity index (χ2v) is 5.18. The molecule has 1 aromatic carbocycles. The molecule has 0 aliphatic heterocycles. The van der Waals surface area contributed by atoms with Crippen LogP contribution < -0.4 is 10.5 Å². The highest BCUT2D eigenvalue weighted by Crippen LogP contribution is 2.22. The fourth-order valence-electron chi connectivity index (χ4n) is 1.57. The standard InChI is InChI=1S/C14H22ClNO2/c1-10(2)14(16)8-11-6-12(15)9-13(7-11)18-5-4-17-3/h6-7,9-10,14H,4-5,8,16H2,1-3H3/t14-/m1/s1. The SMILES string of the molecule is COCCOc1cc(Cl)cc(C[C@@H](N)C(C)C)c1. The number of rotatable bonds is 7. The molecule has 0 saturated heterocycles. The highest BCUT2D eigenvalue weighted by atomic mass is 35.5. The van der Waals surface area contributed by atoms with Crippen LogP contribution in [0.3, 0.4) is 0 Å². The maximum atomic E-state index is 6.07. The van der Waals surface area contributed by atoms with Gasteiger partial charge in [-0.3, -0.25) is 0 Å². The summed E-state index contributed by atoms with van der Waals surface area (Å²) in [6, 6.07) is 5.87. The highest BCUT2D eigenvalue weighted by molar-refractivity contribution is 6.30. The molecule has 0 aliphatic rings. The summed E-state index contributed by atoms with van der Waals surface area (Å²) >= 11 is 6.07. The Morgan fingerprint density at radius 1 is 1.22 bits per heavy atom. The molecule has 0 amide bonds. The van der Waals surface area contributed by atoms with Crippen LogP contribution in [0.2, 0.25) is 5.02 Å². The Balaban J connectivity index is 2.68. The van der Waals surface area contributed by atoms with Crippen LogP contribution in [-0.4, -0.2) is 26.4 Å². The van der Waals surface area contributed by atoms with Gasteiger partial charge < -0.3 is 15.2 Å². The van der Waals surface area contributed by atoms with E-state index in [1.807, 2.05) is 18.2 Å². The molecular formula is C14H22ClNO2. The van der Waals surface area contributed by atoms with Gasteiger partial charge in [0.15, 0.2) is 0 Å². The van der Waals surface area contributed by atoms with Crippen molar-refractivity contribution in [3.05, 3.63) is 28.8 Å². The molecule has 0 aromatic heterocycles. The van der Waals surface area contributed by atoms with Crippen molar-refractivity contribution in [3.8, 4) is 5.75 Å². The van der Waals surface area contributed by atoms with Gasteiger partial charge in [0.05, 0.1) is 6.61 Å². The largest absolute Gasteiger partial charge is 0.491 e. The summed E-state index contributed by atoms with van der Waals surface area (Å²) in [5, 5.41) is 0.677. The van der Waals surface area contributed by atoms with E-state index in [2.05, 4.69) is 13.8 Å². The maximum Gasteiger partial charge on any atom is 0.121 e. The third-order valence-corrected chi connectivity index (χ3v) is 3.03. The minimum Gasteiger partial charge on any atom is -0.491 e. The fraction of sp³-hybridized carbons (Fsp3) is 0.571. The van der Waals surface area contributed by atoms with E-state index in [9.17, 15) is 0 Å². The zero-order chi connectivity index (χ0) is 13.5. The number of benzene rings is 1. The fourth-order valence-corrected chi connectivity index (χ4v) is 1.82. The van der Waals surface area contributed by atoms with E-state index in [0.29, 0.717) is 24.2 Å². The molecular weight excluding hydrogens is 250 g/mol. The first-order valence-electron chi connectivity index (χ1n) is 6.19. The first-order chi connectivity index (χ1) is 8.52. The van der Waals surface area contributed by atoms with Crippen LogP contribution in [0, 0.1) is 5.92 Å². The molecule has 1 aromatic rings. The quantitative estimate of drug-likeness (QED) is 0.776. The highest BCUT2D eigenvalue weighted by Gasteiger charge is 2.10. The maximum absolute atomic E-state index is 6.07. The first kappa shape index (κ1) is 15.3. The molecule has 0 bridgehead atoms. The van der Waals surface area contributed by atoms with Crippen molar-refractivity contribution in [1.82, 2.24) is 0 Å². The molecule has 0 radical (unpaired) electrons. The van der Waals surface area contributed by atoms with E-state index in [-0.39, 0.29) is 6.04 Å². The summed E-state index contributed by atoms with van der Waals surface area (Å²) in [5.41, 5.74) is 7.17. The Hall–Kier alpha value is -0.770. The van der Waals surface area contributed by atoms with Crippen molar-refractivity contribution in [2.24, 2.45) is 11.7 Å². The minimum atomic E-state index is 0.135. The Morgan fingerprint density at radius 3 is 2.56 bits per heavy atom. The Labute approximate surface area is 114 Å². The molecule has 0 heterocycles. The molecule has 3 nitrogen and oxygen atoms in total. The van der Waals surface area contributed by atoms with Crippen LogP contribution in [0.15, 0.2) is 18.2 Å². The van der Waals surface area contributed by atoms with Gasteiger partial charge in [-0.25, -0.2) is 0 Å². The minimum absolute atomic E-state index is 0.135. The zero-order valence-corrected chi connectivity index (χ0v) is 12.0. The van der Waals surface area contributed by atoms with E-state index in [1.54, 1.807) is 7.11 Å². The summed E-state index contributed by atoms with van der Waals surface area (Å²) in [6.45, 7) is 5.32. The van der Waals surface area contributed by atoms with Gasteiger partial charge in [-0.05, 0) is 36.1 Å². The summed E-state index contributed by atoms with van der Waals surface area (Å²) in [5.74, 6) is 1.22. The molecule has 0 aliphatic carbocycles. The zero-order valence-electron chi connectivity index (χ0n) is 11.3. The molecule has 2 N–H and O–H groups in total. The summed E-state index contributed by atoms with van der Waals surface area (Å²) in [4.78, 5) is 0. The van der Waals surface area contributed by atoms with Crippen LogP contribution in [-0.2, 0) is 11.2 Å². The van der Waals surface area contributed by atoms with E-state index >= 15 is 0 Å². The molecule has 0 unspecified atom stereocenters. The molecule has 0 saturated carbocycles. The number of hydrogen-bond donors (Lipinski definition) is 1. The molecule has 102 valence electrons. The molecule has 18 heavy (non-hydrogen) atoms. The van der Waals surface area contributed by atoms with Crippen molar-refractivity contribution >= 4 is 11.6 Å². The van der Waals surface area contributed by atoms with Gasteiger partial charge in [0.1, 0.15) is 12.4 Å². The predicted molar refractivity (Wildman–Crippen MR) is 75.3 cm³/mol. The van der Waals surface area contributed by atoms with Crippen LogP contribution in [0.25, 0.3) is 0 Å². The molecule has 0 fully saturated rings. The number of ether oxygens (including phenoxy) is 2. The second-order valence-electron chi connectivity index (χ2n) is 4.75. The van der Waals surface area contributed by atoms with Gasteiger partial charge in [-0.1, -0.05) is 25.4 Å². The normalized spacial score (nSPS) is 12.8. The number of nitrogens with two attached hydrogens (primary N) is 1. The van der Waals surface area contributed by atoms with Crippen molar-refractivity contribution in [3.63, 3.8) is 0 Å². The molecule has 1 atom stereocenters. The monoisotopic (exact) mass is 271 g/mol. The molecule has 4 heteroatoms. The summed E-state index contributed by atoms with van der Waals surface area (Å²) < 4.78 is 10.5. The summed E-state index contributed by atoms with van der Waals surface area (Å²) in [7, 11) is 1.65. The van der Waals surface area contributed by atoms with E-state index in [4.69, 9.17) is 26.8 Å². The topological polar surface area (TPSA) is 44.5 Å². The number of hydrogen-bond acceptors (Lipinski definition) is 3. The van der Waals surface area contributed by atoms with Crippen molar-refractivity contribution in [2.45, 2.75) is 26.3 Å². The second kappa shape index (κ2) is 7.62. The summed E-state index contributed by atoms with van der Waals surface area (Å²) in [6.07, 6.45) is 0.804. The predicted octanol–water partition coefficient (Wildman–Crippen LogP) is 2.89. The number of halogens is 1. The Bertz CT molecular complexity index is 369. The Kier molecular flexibility index (Phi) is 6.47. The van der Waals surface area contributed by atoms with Crippen molar-refractivity contribution in [1.29, 1.82) is 0 Å². The van der Waals surface area contributed by atoms with E-state index in [1.165, 1.54) is 0 Å². The van der Waals surface area contributed by atoms with E-state index < -0.39 is 0 Å². The van der Waals surface area contributed by atoms with Crippen LogP contribution >= 0.6 is 11.6 Å². The van der Waals surface area contributed by atoms with Crippen molar-refractivity contribution in [2.75, 3.05) is 20.3 Å². The van der Waals surface area contributed by atoms with Gasteiger partial charge in [-0.2, -0.15) is 0 Å². The van der Waals surface area contributed by atoms with Gasteiger partial charge in [0, 0.05) is 18.2 Å². The van der Waals surface area contributed by atoms with Crippen LogP contribution in [0.5, 0.6) is 5.75 Å². The molecule has 1 rings (SSSR count). The number of methoxy groups -OCH3 is 1. The van der Waals surface area contributed by atoms with Crippen LogP contribution in [0.1, 0.15) is 19.4 Å². The average Bonchev–Trinajstić information content (AvgIpc) is 2.28. The first-order valence-corrected chi connectivity index (χ1v) is 6.57. The Morgan fingerprint density at radius 2 is 1.94 bits per heavy atom. The van der Waals surface area contributed by atoms with Crippen LogP contribution in [0.4, 0.5) is 0 Å². The third-order valence-electron chi connectivity index (χ3n) is 2.81. The van der Waals surface area contributed by atoms with E-state index in [0.717, 1.165) is 17.7 Å². The lowest BCUT2D eigenvalue weighted by Gasteiger charge is -2.16. The molecule has 0 spiro atoms. The third kappa shape index (κ3) is 5.25. The van der Waals surface area contributed by atoms with Gasteiger partial charge in [0.25, 0.3) is 0 Å². The smallest absolute Gasteiger partial charge is 0.121 e. The van der Waals surface area contributed by atoms with Gasteiger partial charge >= 0.3 is 0 Å². The average molecular weight is 272 g/mol. The lowest BCUT2D eigenvalue weighted by molar-refractivity contribution is 0.146.